The number of aromatic nitrogens is 6. The third-order valence-corrected chi connectivity index (χ3v) is 4.66. The zero-order valence-electron chi connectivity index (χ0n) is 19.4. The Hall–Kier alpha value is -4.17. The molecule has 2 heterocycles. The highest BCUT2D eigenvalue weighted by Crippen LogP contribution is 2.23. The van der Waals surface area contributed by atoms with Gasteiger partial charge in [0.05, 0.1) is 25.5 Å². The summed E-state index contributed by atoms with van der Waals surface area (Å²) in [6, 6.07) is 5.34. The summed E-state index contributed by atoms with van der Waals surface area (Å²) in [7, 11) is 0. The molecule has 0 saturated heterocycles. The van der Waals surface area contributed by atoms with E-state index in [9.17, 15) is 22.8 Å². The number of halogens is 3. The lowest BCUT2D eigenvalue weighted by molar-refractivity contribution is -0.274. The Morgan fingerprint density at radius 3 is 2.44 bits per heavy atom. The number of nitrogens with one attached hydrogen (secondary N) is 2. The van der Waals surface area contributed by atoms with Crippen molar-refractivity contribution in [2.75, 3.05) is 6.61 Å². The summed E-state index contributed by atoms with van der Waals surface area (Å²) >= 11 is 0. The van der Waals surface area contributed by atoms with Gasteiger partial charge in [-0.3, -0.25) is 14.2 Å². The second-order valence-electron chi connectivity index (χ2n) is 7.50. The molecule has 12 nitrogen and oxygen atoms in total. The van der Waals surface area contributed by atoms with E-state index >= 15 is 0 Å². The molecule has 0 aliphatic rings. The summed E-state index contributed by atoms with van der Waals surface area (Å²) in [6.07, 6.45) is -0.597. The fourth-order valence-corrected chi connectivity index (χ4v) is 3.06. The zero-order chi connectivity index (χ0) is 26.0. The minimum Gasteiger partial charge on any atom is -0.450 e. The Bertz CT molecular complexity index is 1150. The van der Waals surface area contributed by atoms with E-state index < -0.39 is 18.4 Å². The van der Waals surface area contributed by atoms with Crippen LogP contribution in [0.25, 0.3) is 0 Å². The summed E-state index contributed by atoms with van der Waals surface area (Å²) in [5, 5.41) is 20.9. The number of hydrogen-bond donors (Lipinski definition) is 2. The number of rotatable bonds is 12. The summed E-state index contributed by atoms with van der Waals surface area (Å²) in [4.78, 5) is 23.6. The summed E-state index contributed by atoms with van der Waals surface area (Å²) in [5.41, 5.74) is 1.13. The second kappa shape index (κ2) is 12.5. The van der Waals surface area contributed by atoms with Crippen LogP contribution in [0, 0.1) is 0 Å². The van der Waals surface area contributed by atoms with Crippen LogP contribution in [0.4, 0.5) is 18.0 Å². The summed E-state index contributed by atoms with van der Waals surface area (Å²) in [5.74, 6) is -0.870. The molecule has 36 heavy (non-hydrogen) atoms. The van der Waals surface area contributed by atoms with E-state index in [1.54, 1.807) is 23.9 Å². The Morgan fingerprint density at radius 2 is 1.72 bits per heavy atom. The highest BCUT2D eigenvalue weighted by atomic mass is 19.4. The first-order valence-electron chi connectivity index (χ1n) is 11.0. The molecule has 0 saturated carbocycles. The fourth-order valence-electron chi connectivity index (χ4n) is 3.06. The van der Waals surface area contributed by atoms with Gasteiger partial charge in [-0.2, -0.15) is 0 Å². The van der Waals surface area contributed by atoms with Gasteiger partial charge in [-0.1, -0.05) is 22.6 Å². The lowest BCUT2D eigenvalue weighted by atomic mass is 10.2. The Kier molecular flexibility index (Phi) is 9.19. The normalized spacial score (nSPS) is 11.2. The van der Waals surface area contributed by atoms with Crippen LogP contribution in [0.15, 0.2) is 36.7 Å². The molecule has 2 N–H and O–H groups in total. The molecule has 0 radical (unpaired) electrons. The van der Waals surface area contributed by atoms with Crippen molar-refractivity contribution in [1.29, 1.82) is 0 Å². The smallest absolute Gasteiger partial charge is 0.450 e. The maximum Gasteiger partial charge on any atom is 0.573 e. The monoisotopic (exact) mass is 510 g/mol. The van der Waals surface area contributed by atoms with Crippen molar-refractivity contribution in [2.24, 2.45) is 0 Å². The topological polar surface area (TPSA) is 138 Å². The molecule has 0 atom stereocenters. The molecule has 15 heteroatoms. The largest absolute Gasteiger partial charge is 0.573 e. The molecule has 2 aromatic heterocycles. The molecule has 3 rings (SSSR count). The Labute approximate surface area is 203 Å². The number of hydrogen-bond acceptors (Lipinski definition) is 8. The number of carbonyl (C=O) groups is 2. The van der Waals surface area contributed by atoms with Crippen molar-refractivity contribution in [3.8, 4) is 5.75 Å². The Balaban J connectivity index is 1.37. The zero-order valence-corrected chi connectivity index (χ0v) is 19.4. The van der Waals surface area contributed by atoms with Gasteiger partial charge < -0.3 is 20.1 Å². The average Bonchev–Trinajstić information content (AvgIpc) is 3.48. The van der Waals surface area contributed by atoms with Gasteiger partial charge in [0.25, 0.3) is 5.91 Å². The standard InChI is InChI=1S/C21H25F3N8O4/c1-2-35-20(34)26-12-16-13-31(29-27-16)8-3-4-9-32-14-18(28-30-32)19(33)25-11-15-6-5-7-17(10-15)36-21(22,23)24/h5-7,10,13-14H,2-4,8-9,11-12H2,1H3,(H,25,33)(H,26,34). The van der Waals surface area contributed by atoms with Gasteiger partial charge in [0.15, 0.2) is 5.69 Å². The van der Waals surface area contributed by atoms with Crippen LogP contribution in [0.5, 0.6) is 5.75 Å². The molecular formula is C21H25F3N8O4. The summed E-state index contributed by atoms with van der Waals surface area (Å²) < 4.78 is 48.9. The number of aryl methyl sites for hydroxylation is 2. The van der Waals surface area contributed by atoms with Crippen molar-refractivity contribution >= 4 is 12.0 Å². The first-order valence-corrected chi connectivity index (χ1v) is 11.0. The molecule has 0 bridgehead atoms. The van der Waals surface area contributed by atoms with Crippen LogP contribution >= 0.6 is 0 Å². The van der Waals surface area contributed by atoms with Gasteiger partial charge >= 0.3 is 12.5 Å². The molecule has 194 valence electrons. The number of carbonyl (C=O) groups excluding carboxylic acids is 2. The quantitative estimate of drug-likeness (QED) is 0.355. The minimum atomic E-state index is -4.79. The van der Waals surface area contributed by atoms with Crippen molar-refractivity contribution in [2.45, 2.75) is 52.3 Å². The van der Waals surface area contributed by atoms with Gasteiger partial charge in [0, 0.05) is 19.6 Å². The SMILES string of the molecule is CCOC(=O)NCc1cn(CCCCn2cc(C(=O)NCc3cccc(OC(F)(F)F)c3)nn2)nn1. The van der Waals surface area contributed by atoms with Crippen molar-refractivity contribution in [1.82, 2.24) is 40.6 Å². The molecule has 0 spiro atoms. The number of alkyl halides is 3. The number of nitrogens with zero attached hydrogens (tertiary/aromatic N) is 6. The van der Waals surface area contributed by atoms with E-state index in [-0.39, 0.29) is 31.1 Å². The number of alkyl carbamates (subject to hydrolysis) is 1. The van der Waals surface area contributed by atoms with Crippen LogP contribution in [-0.2, 0) is 30.9 Å². The maximum absolute atomic E-state index is 12.4. The van der Waals surface area contributed by atoms with Gasteiger partial charge in [-0.25, -0.2) is 4.79 Å². The van der Waals surface area contributed by atoms with Crippen LogP contribution in [0.2, 0.25) is 0 Å². The second-order valence-corrected chi connectivity index (χ2v) is 7.50. The average molecular weight is 510 g/mol. The molecule has 0 aliphatic carbocycles. The van der Waals surface area contributed by atoms with Crippen molar-refractivity contribution in [3.05, 3.63) is 53.6 Å². The van der Waals surface area contributed by atoms with E-state index in [0.717, 1.165) is 12.8 Å². The van der Waals surface area contributed by atoms with Gasteiger partial charge in [0.1, 0.15) is 11.4 Å². The van der Waals surface area contributed by atoms with Gasteiger partial charge in [0.2, 0.25) is 0 Å². The molecule has 1 aromatic carbocycles. The highest BCUT2D eigenvalue weighted by molar-refractivity contribution is 5.91. The lowest BCUT2D eigenvalue weighted by Crippen LogP contribution is -2.23. The first kappa shape index (κ1) is 26.4. The predicted molar refractivity (Wildman–Crippen MR) is 117 cm³/mol. The first-order chi connectivity index (χ1) is 17.2. The van der Waals surface area contributed by atoms with E-state index in [2.05, 4.69) is 36.0 Å². The Morgan fingerprint density at radius 1 is 1.00 bits per heavy atom. The number of amides is 2. The van der Waals surface area contributed by atoms with Crippen molar-refractivity contribution < 1.29 is 32.2 Å². The molecule has 2 amide bonds. The number of ether oxygens (including phenoxy) is 2. The third kappa shape index (κ3) is 8.88. The van der Waals surface area contributed by atoms with E-state index in [0.29, 0.717) is 24.3 Å². The third-order valence-electron chi connectivity index (χ3n) is 4.66. The molecule has 3 aromatic rings. The van der Waals surface area contributed by atoms with Gasteiger partial charge in [-0.15, -0.1) is 23.4 Å². The lowest BCUT2D eigenvalue weighted by Gasteiger charge is -2.10. The van der Waals surface area contributed by atoms with Gasteiger partial charge in [-0.05, 0) is 37.5 Å². The minimum absolute atomic E-state index is 0.00402. The number of unbranched alkanes of at least 4 members (excludes halogenated alkanes) is 1. The molecule has 0 unspecified atom stereocenters. The van der Waals surface area contributed by atoms with Crippen LogP contribution in [-0.4, -0.2) is 55.0 Å². The predicted octanol–water partition coefficient (Wildman–Crippen LogP) is 2.42. The van der Waals surface area contributed by atoms with Crippen LogP contribution in [0.1, 0.15) is 41.5 Å². The van der Waals surface area contributed by atoms with Crippen molar-refractivity contribution in [3.63, 3.8) is 0 Å². The van der Waals surface area contributed by atoms with E-state index in [4.69, 9.17) is 4.74 Å². The molecular weight excluding hydrogens is 485 g/mol. The van der Waals surface area contributed by atoms with Crippen LogP contribution in [0.3, 0.4) is 0 Å². The highest BCUT2D eigenvalue weighted by Gasteiger charge is 2.31. The molecule has 0 fully saturated rings. The summed E-state index contributed by atoms with van der Waals surface area (Å²) in [6.45, 7) is 3.34. The van der Waals surface area contributed by atoms with E-state index in [1.807, 2.05) is 0 Å². The maximum atomic E-state index is 12.4. The molecule has 0 aliphatic heterocycles. The van der Waals surface area contributed by atoms with Crippen LogP contribution < -0.4 is 15.4 Å². The number of benzene rings is 1. The van der Waals surface area contributed by atoms with E-state index in [1.165, 1.54) is 29.1 Å². The fraction of sp³-hybridized carbons (Fsp3) is 0.429.